The summed E-state index contributed by atoms with van der Waals surface area (Å²) in [7, 11) is 0. The van der Waals surface area contributed by atoms with Gasteiger partial charge in [0.05, 0.1) is 11.4 Å². The predicted octanol–water partition coefficient (Wildman–Crippen LogP) is 0.817. The topological polar surface area (TPSA) is 41.3 Å². The van der Waals surface area contributed by atoms with Gasteiger partial charge in [-0.15, -0.1) is 0 Å². The smallest absolute Gasteiger partial charge is 0.125 e. The van der Waals surface area contributed by atoms with Crippen LogP contribution in [0.4, 0.5) is 15.8 Å². The van der Waals surface area contributed by atoms with Crippen molar-refractivity contribution in [2.75, 3.05) is 36.8 Å². The first-order valence-corrected chi connectivity index (χ1v) is 4.78. The summed E-state index contributed by atoms with van der Waals surface area (Å²) < 4.78 is 13.0. The summed E-state index contributed by atoms with van der Waals surface area (Å²) in [5, 5.41) is 3.24. The zero-order valence-electron chi connectivity index (χ0n) is 7.96. The zero-order chi connectivity index (χ0) is 9.97. The molecule has 3 N–H and O–H groups in total. The van der Waals surface area contributed by atoms with Crippen molar-refractivity contribution in [2.45, 2.75) is 0 Å². The Morgan fingerprint density at radius 2 is 2.00 bits per heavy atom. The van der Waals surface area contributed by atoms with E-state index in [1.54, 1.807) is 6.07 Å². The lowest BCUT2D eigenvalue weighted by molar-refractivity contribution is 0.585. The molecule has 0 atom stereocenters. The molecule has 0 amide bonds. The van der Waals surface area contributed by atoms with Gasteiger partial charge in [0, 0.05) is 26.2 Å². The molecule has 1 aliphatic heterocycles. The molecule has 1 heterocycles. The molecule has 0 aliphatic carbocycles. The van der Waals surface area contributed by atoms with Crippen LogP contribution in [0.15, 0.2) is 18.2 Å². The molecular formula is C10H14FN3. The van der Waals surface area contributed by atoms with Gasteiger partial charge in [-0.05, 0) is 18.2 Å². The summed E-state index contributed by atoms with van der Waals surface area (Å²) in [4.78, 5) is 2.11. The number of rotatable bonds is 1. The number of nitrogen functional groups attached to an aromatic ring is 1. The van der Waals surface area contributed by atoms with E-state index in [1.165, 1.54) is 12.1 Å². The number of nitrogens with two attached hydrogens (primary N) is 1. The van der Waals surface area contributed by atoms with E-state index in [1.807, 2.05) is 0 Å². The van der Waals surface area contributed by atoms with E-state index in [9.17, 15) is 4.39 Å². The molecule has 1 saturated heterocycles. The number of piperazine rings is 1. The Morgan fingerprint density at radius 1 is 1.29 bits per heavy atom. The highest BCUT2D eigenvalue weighted by Gasteiger charge is 2.13. The monoisotopic (exact) mass is 195 g/mol. The third kappa shape index (κ3) is 1.80. The van der Waals surface area contributed by atoms with E-state index < -0.39 is 0 Å². The Morgan fingerprint density at radius 3 is 2.71 bits per heavy atom. The van der Waals surface area contributed by atoms with E-state index >= 15 is 0 Å². The molecule has 14 heavy (non-hydrogen) atoms. The van der Waals surface area contributed by atoms with Gasteiger partial charge in [-0.25, -0.2) is 4.39 Å². The third-order valence-corrected chi connectivity index (χ3v) is 2.45. The normalized spacial score (nSPS) is 17.1. The summed E-state index contributed by atoms with van der Waals surface area (Å²) in [6, 6.07) is 4.51. The van der Waals surface area contributed by atoms with Gasteiger partial charge < -0.3 is 16.0 Å². The maximum absolute atomic E-state index is 13.0. The van der Waals surface area contributed by atoms with Gasteiger partial charge in [-0.1, -0.05) is 0 Å². The lowest BCUT2D eigenvalue weighted by Gasteiger charge is -2.30. The summed E-state index contributed by atoms with van der Waals surface area (Å²) in [6.07, 6.45) is 0. The highest BCUT2D eigenvalue weighted by atomic mass is 19.1. The van der Waals surface area contributed by atoms with E-state index in [0.29, 0.717) is 5.69 Å². The van der Waals surface area contributed by atoms with Crippen LogP contribution in [0.2, 0.25) is 0 Å². The fourth-order valence-corrected chi connectivity index (χ4v) is 1.70. The van der Waals surface area contributed by atoms with Crippen molar-refractivity contribution in [2.24, 2.45) is 0 Å². The molecular weight excluding hydrogens is 181 g/mol. The highest BCUT2D eigenvalue weighted by Crippen LogP contribution is 2.24. The maximum Gasteiger partial charge on any atom is 0.125 e. The number of benzene rings is 1. The van der Waals surface area contributed by atoms with Crippen LogP contribution in [0.3, 0.4) is 0 Å². The van der Waals surface area contributed by atoms with Gasteiger partial charge in [0.25, 0.3) is 0 Å². The summed E-state index contributed by atoms with van der Waals surface area (Å²) in [6.45, 7) is 3.62. The van der Waals surface area contributed by atoms with Crippen LogP contribution in [0.25, 0.3) is 0 Å². The number of hydrogen-bond acceptors (Lipinski definition) is 3. The Balaban J connectivity index is 2.24. The maximum atomic E-state index is 13.0. The molecule has 1 aromatic carbocycles. The quantitative estimate of drug-likeness (QED) is 0.652. The van der Waals surface area contributed by atoms with Crippen molar-refractivity contribution in [1.29, 1.82) is 0 Å². The number of hydrogen-bond donors (Lipinski definition) is 2. The van der Waals surface area contributed by atoms with Crippen LogP contribution in [0, 0.1) is 5.82 Å². The number of anilines is 2. The molecule has 0 radical (unpaired) electrons. The van der Waals surface area contributed by atoms with Gasteiger partial charge in [0.15, 0.2) is 0 Å². The molecule has 0 spiro atoms. The Kier molecular flexibility index (Phi) is 2.54. The molecule has 0 bridgehead atoms. The van der Waals surface area contributed by atoms with E-state index in [2.05, 4.69) is 10.2 Å². The summed E-state index contributed by atoms with van der Waals surface area (Å²) in [5.74, 6) is -0.229. The Hall–Kier alpha value is -1.29. The molecule has 4 heteroatoms. The fourth-order valence-electron chi connectivity index (χ4n) is 1.70. The fraction of sp³-hybridized carbons (Fsp3) is 0.400. The number of halogens is 1. The molecule has 1 aromatic rings. The van der Waals surface area contributed by atoms with Crippen LogP contribution < -0.4 is 16.0 Å². The van der Waals surface area contributed by atoms with Crippen LogP contribution in [0.1, 0.15) is 0 Å². The van der Waals surface area contributed by atoms with Crippen molar-refractivity contribution >= 4 is 11.4 Å². The average Bonchev–Trinajstić information content (AvgIpc) is 2.23. The molecule has 3 nitrogen and oxygen atoms in total. The van der Waals surface area contributed by atoms with Crippen molar-refractivity contribution in [1.82, 2.24) is 5.32 Å². The molecule has 76 valence electrons. The molecule has 0 saturated carbocycles. The second-order valence-corrected chi connectivity index (χ2v) is 3.44. The molecule has 0 unspecified atom stereocenters. The summed E-state index contributed by atoms with van der Waals surface area (Å²) in [5.41, 5.74) is 7.25. The molecule has 1 aliphatic rings. The summed E-state index contributed by atoms with van der Waals surface area (Å²) >= 11 is 0. The SMILES string of the molecule is Nc1ccc(F)cc1N1CCNCC1. The van der Waals surface area contributed by atoms with Gasteiger partial charge in [0.2, 0.25) is 0 Å². The van der Waals surface area contributed by atoms with Crippen LogP contribution in [-0.4, -0.2) is 26.2 Å². The largest absolute Gasteiger partial charge is 0.397 e. The molecule has 0 aromatic heterocycles. The van der Waals surface area contributed by atoms with Crippen molar-refractivity contribution < 1.29 is 4.39 Å². The van der Waals surface area contributed by atoms with Crippen LogP contribution in [-0.2, 0) is 0 Å². The van der Waals surface area contributed by atoms with Crippen molar-refractivity contribution in [3.8, 4) is 0 Å². The minimum Gasteiger partial charge on any atom is -0.397 e. The zero-order valence-corrected chi connectivity index (χ0v) is 7.96. The molecule has 2 rings (SSSR count). The predicted molar refractivity (Wildman–Crippen MR) is 55.9 cm³/mol. The Bertz CT molecular complexity index is 321. The van der Waals surface area contributed by atoms with Gasteiger partial charge in [-0.3, -0.25) is 0 Å². The van der Waals surface area contributed by atoms with E-state index in [4.69, 9.17) is 5.73 Å². The third-order valence-electron chi connectivity index (χ3n) is 2.45. The lowest BCUT2D eigenvalue weighted by atomic mass is 10.2. The van der Waals surface area contributed by atoms with Crippen LogP contribution in [0.5, 0.6) is 0 Å². The molecule has 1 fully saturated rings. The Labute approximate surface area is 82.7 Å². The first-order chi connectivity index (χ1) is 6.77. The van der Waals surface area contributed by atoms with Crippen molar-refractivity contribution in [3.05, 3.63) is 24.0 Å². The van der Waals surface area contributed by atoms with Gasteiger partial charge >= 0.3 is 0 Å². The number of nitrogens with one attached hydrogen (secondary N) is 1. The minimum absolute atomic E-state index is 0.229. The highest BCUT2D eigenvalue weighted by molar-refractivity contribution is 5.67. The van der Waals surface area contributed by atoms with Gasteiger partial charge in [0.1, 0.15) is 5.82 Å². The van der Waals surface area contributed by atoms with E-state index in [-0.39, 0.29) is 5.82 Å². The average molecular weight is 195 g/mol. The van der Waals surface area contributed by atoms with Crippen LogP contribution >= 0.6 is 0 Å². The minimum atomic E-state index is -0.229. The number of nitrogens with zero attached hydrogens (tertiary/aromatic N) is 1. The van der Waals surface area contributed by atoms with Gasteiger partial charge in [-0.2, -0.15) is 0 Å². The lowest BCUT2D eigenvalue weighted by Crippen LogP contribution is -2.43. The second kappa shape index (κ2) is 3.84. The van der Waals surface area contributed by atoms with E-state index in [0.717, 1.165) is 31.9 Å². The standard InChI is InChI=1S/C10H14FN3/c11-8-1-2-9(12)10(7-8)14-5-3-13-4-6-14/h1-2,7,13H,3-6,12H2. The van der Waals surface area contributed by atoms with Crippen molar-refractivity contribution in [3.63, 3.8) is 0 Å². The second-order valence-electron chi connectivity index (χ2n) is 3.44. The first kappa shape index (κ1) is 9.27. The first-order valence-electron chi connectivity index (χ1n) is 4.78.